The van der Waals surface area contributed by atoms with Crippen LogP contribution in [0.5, 0.6) is 0 Å². The van der Waals surface area contributed by atoms with Crippen LogP contribution in [0.15, 0.2) is 12.2 Å². The number of aliphatic hydroxyl groups excluding tert-OH is 1. The zero-order valence-electron chi connectivity index (χ0n) is 17.3. The van der Waals surface area contributed by atoms with Crippen LogP contribution in [-0.2, 0) is 4.79 Å². The highest BCUT2D eigenvalue weighted by Crippen LogP contribution is 2.13. The minimum atomic E-state index is -1.10. The summed E-state index contributed by atoms with van der Waals surface area (Å²) in [6, 6.07) is 0. The van der Waals surface area contributed by atoms with E-state index in [1.54, 1.807) is 0 Å². The first-order valence-electron chi connectivity index (χ1n) is 10.7. The number of aliphatic carboxylic acids is 1. The van der Waals surface area contributed by atoms with Crippen molar-refractivity contribution in [2.24, 2.45) is 0 Å². The summed E-state index contributed by atoms with van der Waals surface area (Å²) in [6.07, 6.45) is 17.5. The minimum absolute atomic E-state index is 0.353. The normalized spacial score (nSPS) is 10.5. The average Bonchev–Trinajstić information content (AvgIpc) is 2.60. The fourth-order valence-corrected chi connectivity index (χ4v) is 2.69. The van der Waals surface area contributed by atoms with Crippen molar-refractivity contribution >= 4 is 5.97 Å². The molecule has 26 heavy (non-hydrogen) atoms. The van der Waals surface area contributed by atoms with Gasteiger partial charge in [0.15, 0.2) is 6.29 Å². The molecule has 0 fully saturated rings. The maximum atomic E-state index is 10.5. The van der Waals surface area contributed by atoms with Gasteiger partial charge in [0.1, 0.15) is 0 Å². The number of unbranched alkanes of at least 4 members (excludes halogenated alkanes) is 12. The Labute approximate surface area is 161 Å². The third-order valence-electron chi connectivity index (χ3n) is 4.45. The molecule has 0 aromatic carbocycles. The quantitative estimate of drug-likeness (QED) is 0.161. The molecule has 0 saturated heterocycles. The van der Waals surface area contributed by atoms with E-state index in [4.69, 9.17) is 15.3 Å². The summed E-state index contributed by atoms with van der Waals surface area (Å²) in [4.78, 5) is 10.5. The second-order valence-corrected chi connectivity index (χ2v) is 7.17. The predicted molar refractivity (Wildman–Crippen MR) is 110 cm³/mol. The Balaban J connectivity index is 0. The lowest BCUT2D eigenvalue weighted by atomic mass is 10.0. The molecule has 156 valence electrons. The number of hydrogen-bond donors (Lipinski definition) is 3. The SMILES string of the molecule is C=C(CCCCCCCCCCCCC)C(=O)O.CCCCCC(O)O. The van der Waals surface area contributed by atoms with E-state index in [0.717, 1.165) is 32.1 Å². The van der Waals surface area contributed by atoms with E-state index in [9.17, 15) is 4.79 Å². The van der Waals surface area contributed by atoms with Gasteiger partial charge in [-0.25, -0.2) is 4.79 Å². The molecule has 0 heterocycles. The van der Waals surface area contributed by atoms with Gasteiger partial charge in [0, 0.05) is 5.57 Å². The molecule has 0 amide bonds. The highest BCUT2D eigenvalue weighted by Gasteiger charge is 2.02. The third kappa shape index (κ3) is 25.4. The summed E-state index contributed by atoms with van der Waals surface area (Å²) in [5, 5.41) is 25.3. The minimum Gasteiger partial charge on any atom is -0.478 e. The van der Waals surface area contributed by atoms with Gasteiger partial charge >= 0.3 is 5.97 Å². The Kier molecular flexibility index (Phi) is 23.3. The first kappa shape index (κ1) is 27.3. The van der Waals surface area contributed by atoms with Crippen LogP contribution in [-0.4, -0.2) is 27.6 Å². The molecule has 0 aliphatic rings. The standard InChI is InChI=1S/C16H30O2.C6H14O2/c1-3-4-5-6-7-8-9-10-11-12-13-14-15(2)16(17)18;1-2-3-4-5-6(7)8/h2-14H2,1H3,(H,17,18);6-8H,2-5H2,1H3. The lowest BCUT2D eigenvalue weighted by molar-refractivity contribution is -0.132. The van der Waals surface area contributed by atoms with Crippen LogP contribution in [0.2, 0.25) is 0 Å². The van der Waals surface area contributed by atoms with Crippen molar-refractivity contribution in [3.05, 3.63) is 12.2 Å². The van der Waals surface area contributed by atoms with E-state index in [-0.39, 0.29) is 0 Å². The van der Waals surface area contributed by atoms with Gasteiger partial charge in [0.2, 0.25) is 0 Å². The molecule has 0 aliphatic carbocycles. The molecule has 0 unspecified atom stereocenters. The maximum Gasteiger partial charge on any atom is 0.330 e. The maximum absolute atomic E-state index is 10.5. The summed E-state index contributed by atoms with van der Waals surface area (Å²) in [6.45, 7) is 7.87. The topological polar surface area (TPSA) is 77.8 Å². The van der Waals surface area contributed by atoms with Crippen LogP contribution in [0.25, 0.3) is 0 Å². The van der Waals surface area contributed by atoms with Crippen molar-refractivity contribution in [1.82, 2.24) is 0 Å². The van der Waals surface area contributed by atoms with Gasteiger partial charge in [-0.3, -0.25) is 0 Å². The molecule has 0 aromatic heterocycles. The van der Waals surface area contributed by atoms with Gasteiger partial charge in [0.05, 0.1) is 0 Å². The van der Waals surface area contributed by atoms with Crippen molar-refractivity contribution in [3.63, 3.8) is 0 Å². The van der Waals surface area contributed by atoms with Gasteiger partial charge in [-0.15, -0.1) is 0 Å². The Hall–Kier alpha value is -0.870. The van der Waals surface area contributed by atoms with Gasteiger partial charge in [-0.2, -0.15) is 0 Å². The average molecular weight is 373 g/mol. The molecular weight excluding hydrogens is 328 g/mol. The van der Waals surface area contributed by atoms with Crippen LogP contribution < -0.4 is 0 Å². The van der Waals surface area contributed by atoms with Crippen molar-refractivity contribution in [1.29, 1.82) is 0 Å². The Bertz CT molecular complexity index is 313. The fraction of sp³-hybridized carbons (Fsp3) is 0.864. The molecule has 0 bridgehead atoms. The number of hydrogen-bond acceptors (Lipinski definition) is 3. The molecule has 0 saturated carbocycles. The van der Waals surface area contributed by atoms with E-state index in [2.05, 4.69) is 20.4 Å². The van der Waals surface area contributed by atoms with E-state index in [1.807, 2.05) is 0 Å². The molecule has 0 radical (unpaired) electrons. The molecular formula is C22H44O4. The van der Waals surface area contributed by atoms with Gasteiger partial charge in [-0.1, -0.05) is 97.5 Å². The van der Waals surface area contributed by atoms with Crippen LogP contribution >= 0.6 is 0 Å². The molecule has 4 nitrogen and oxygen atoms in total. The molecule has 0 atom stereocenters. The number of rotatable bonds is 17. The highest BCUT2D eigenvalue weighted by molar-refractivity contribution is 5.85. The fourth-order valence-electron chi connectivity index (χ4n) is 2.69. The molecule has 3 N–H and O–H groups in total. The summed E-state index contributed by atoms with van der Waals surface area (Å²) in [5.41, 5.74) is 0.353. The second-order valence-electron chi connectivity index (χ2n) is 7.17. The molecule has 0 aromatic rings. The predicted octanol–water partition coefficient (Wildman–Crippen LogP) is 6.21. The van der Waals surface area contributed by atoms with E-state index < -0.39 is 12.3 Å². The van der Waals surface area contributed by atoms with Crippen LogP contribution in [0, 0.1) is 0 Å². The van der Waals surface area contributed by atoms with Crippen LogP contribution in [0.3, 0.4) is 0 Å². The zero-order chi connectivity index (χ0) is 20.0. The van der Waals surface area contributed by atoms with E-state index in [1.165, 1.54) is 57.8 Å². The number of carbonyl (C=O) groups is 1. The van der Waals surface area contributed by atoms with Gasteiger partial charge in [-0.05, 0) is 25.7 Å². The Morgan fingerprint density at radius 1 is 0.731 bits per heavy atom. The number of carboxylic acids is 1. The molecule has 0 spiro atoms. The number of carboxylic acid groups (broad SMARTS) is 1. The Morgan fingerprint density at radius 2 is 1.12 bits per heavy atom. The zero-order valence-corrected chi connectivity index (χ0v) is 17.3. The second kappa shape index (κ2) is 22.2. The van der Waals surface area contributed by atoms with Crippen molar-refractivity contribution in [2.45, 2.75) is 123 Å². The largest absolute Gasteiger partial charge is 0.478 e. The molecule has 0 rings (SSSR count). The lowest BCUT2D eigenvalue weighted by Crippen LogP contribution is -2.02. The van der Waals surface area contributed by atoms with Crippen molar-refractivity contribution in [3.8, 4) is 0 Å². The first-order valence-corrected chi connectivity index (χ1v) is 10.7. The van der Waals surface area contributed by atoms with Gasteiger partial charge < -0.3 is 15.3 Å². The number of aliphatic hydroxyl groups is 2. The molecule has 4 heteroatoms. The Morgan fingerprint density at radius 3 is 1.50 bits per heavy atom. The summed E-state index contributed by atoms with van der Waals surface area (Å²) < 4.78 is 0. The molecule has 0 aliphatic heterocycles. The summed E-state index contributed by atoms with van der Waals surface area (Å²) in [7, 11) is 0. The van der Waals surface area contributed by atoms with Gasteiger partial charge in [0.25, 0.3) is 0 Å². The summed E-state index contributed by atoms with van der Waals surface area (Å²) in [5.74, 6) is -0.845. The van der Waals surface area contributed by atoms with E-state index in [0.29, 0.717) is 18.4 Å². The van der Waals surface area contributed by atoms with E-state index >= 15 is 0 Å². The van der Waals surface area contributed by atoms with Crippen LogP contribution in [0.4, 0.5) is 0 Å². The lowest BCUT2D eigenvalue weighted by Gasteiger charge is -2.02. The summed E-state index contributed by atoms with van der Waals surface area (Å²) >= 11 is 0. The highest BCUT2D eigenvalue weighted by atomic mass is 16.5. The first-order chi connectivity index (χ1) is 12.5. The van der Waals surface area contributed by atoms with Crippen molar-refractivity contribution in [2.75, 3.05) is 0 Å². The monoisotopic (exact) mass is 372 g/mol. The van der Waals surface area contributed by atoms with Crippen LogP contribution in [0.1, 0.15) is 117 Å². The third-order valence-corrected chi connectivity index (χ3v) is 4.45. The smallest absolute Gasteiger partial charge is 0.330 e. The van der Waals surface area contributed by atoms with Crippen molar-refractivity contribution < 1.29 is 20.1 Å².